The molecule has 5 aromatic rings. The van der Waals surface area contributed by atoms with E-state index in [-0.39, 0.29) is 42.1 Å². The molecule has 2 N–H and O–H groups in total. The van der Waals surface area contributed by atoms with Crippen LogP contribution in [0.25, 0.3) is 11.6 Å². The Bertz CT molecular complexity index is 2250. The summed E-state index contributed by atoms with van der Waals surface area (Å²) in [4.78, 5) is 31.2. The molecule has 1 aliphatic carbocycles. The topological polar surface area (TPSA) is 96.3 Å². The molecule has 0 bridgehead atoms. The summed E-state index contributed by atoms with van der Waals surface area (Å²) < 4.78 is 14.1. The van der Waals surface area contributed by atoms with Gasteiger partial charge in [-0.1, -0.05) is 136 Å². The fourth-order valence-electron chi connectivity index (χ4n) is 9.67. The smallest absolute Gasteiger partial charge is 0.455 e. The van der Waals surface area contributed by atoms with E-state index in [2.05, 4.69) is 81.4 Å². The quantitative estimate of drug-likeness (QED) is 0.0570. The lowest BCUT2D eigenvalue weighted by atomic mass is 9.58. The molecule has 2 amide bonds. The van der Waals surface area contributed by atoms with Crippen LogP contribution >= 0.6 is 11.3 Å². The Hall–Kier alpha value is -4.84. The first kappa shape index (κ1) is 40.0. The van der Waals surface area contributed by atoms with Crippen molar-refractivity contribution in [3.05, 3.63) is 160 Å². The molecule has 4 atom stereocenters. The van der Waals surface area contributed by atoms with Gasteiger partial charge in [0.15, 0.2) is 0 Å². The van der Waals surface area contributed by atoms with Gasteiger partial charge in [0.1, 0.15) is 5.75 Å². The molecule has 0 saturated carbocycles. The highest BCUT2D eigenvalue weighted by Gasteiger charge is 2.58. The average Bonchev–Trinajstić information content (AvgIpc) is 3.83. The molecule has 7 nitrogen and oxygen atoms in total. The first-order chi connectivity index (χ1) is 28.0. The van der Waals surface area contributed by atoms with E-state index in [9.17, 15) is 19.7 Å². The van der Waals surface area contributed by atoms with Gasteiger partial charge in [-0.15, -0.1) is 11.3 Å². The lowest BCUT2D eigenvalue weighted by Crippen LogP contribution is -2.66. The maximum absolute atomic E-state index is 14.5. The molecule has 58 heavy (non-hydrogen) atoms. The largest absolute Gasteiger partial charge is 0.507 e. The van der Waals surface area contributed by atoms with Gasteiger partial charge in [-0.25, -0.2) is 0 Å². The normalized spacial score (nSPS) is 21.3. The number of aromatic hydroxyl groups is 1. The number of phenols is 1. The Kier molecular flexibility index (Phi) is 11.6. The van der Waals surface area contributed by atoms with Crippen LogP contribution in [0.1, 0.15) is 56.0 Å². The van der Waals surface area contributed by atoms with Crippen molar-refractivity contribution in [1.29, 1.82) is 0 Å². The highest BCUT2D eigenvalue weighted by Crippen LogP contribution is 2.51. The molecule has 2 saturated heterocycles. The maximum atomic E-state index is 14.5. The fourth-order valence-corrected chi connectivity index (χ4v) is 14.9. The molecule has 3 aliphatic rings. The maximum Gasteiger partial charge on any atom is 0.455 e. The zero-order valence-electron chi connectivity index (χ0n) is 33.3. The number of thiophene rings is 1. The number of carbonyl (C=O) groups excluding carboxylic acids is 2. The number of fused-ring (bicyclic) bond motifs is 3. The number of hydrogen-bond acceptors (Lipinski definition) is 7. The number of benzene rings is 4. The summed E-state index contributed by atoms with van der Waals surface area (Å²) in [6.07, 6.45) is 3.18. The van der Waals surface area contributed by atoms with Crippen molar-refractivity contribution in [1.82, 2.24) is 4.90 Å². The van der Waals surface area contributed by atoms with Crippen LogP contribution in [0.2, 0.25) is 11.4 Å². The minimum atomic E-state index is -2.99. The fraction of sp³-hybridized carbons (Fsp3) is 0.292. The Morgan fingerprint density at radius 1 is 0.862 bits per heavy atom. The van der Waals surface area contributed by atoms with Crippen LogP contribution in [-0.2, 0) is 25.2 Å². The highest BCUT2D eigenvalue weighted by atomic mass is 32.1. The van der Waals surface area contributed by atoms with Gasteiger partial charge in [-0.05, 0) is 92.8 Å². The van der Waals surface area contributed by atoms with Crippen LogP contribution in [0.15, 0.2) is 144 Å². The predicted molar refractivity (Wildman–Crippen MR) is 235 cm³/mol. The van der Waals surface area contributed by atoms with E-state index >= 15 is 0 Å². The number of para-hydroxylation sites is 1. The first-order valence-corrected chi connectivity index (χ1v) is 23.1. The van der Waals surface area contributed by atoms with E-state index in [0.29, 0.717) is 24.8 Å². The zero-order valence-corrected chi connectivity index (χ0v) is 35.1. The van der Waals surface area contributed by atoms with E-state index in [0.717, 1.165) is 37.5 Å². The SMILES string of the molecule is CC(C)(C)[Si](OCC1=C2[C@@H](CC/C(=C/c3ccccc3O)c3ccccc3)OB(O)C[C@@H]2[C@@H]2C(=O)N(Cc3cccs3)C(=O)[C@@H]2C1)(c1ccccc1)c1ccccc1. The number of allylic oxidation sites excluding steroid dienone is 1. The van der Waals surface area contributed by atoms with Crippen molar-refractivity contribution >= 4 is 60.6 Å². The summed E-state index contributed by atoms with van der Waals surface area (Å²) >= 11 is 1.54. The lowest BCUT2D eigenvalue weighted by molar-refractivity contribution is -0.140. The summed E-state index contributed by atoms with van der Waals surface area (Å²) in [5, 5.41) is 26.2. The summed E-state index contributed by atoms with van der Waals surface area (Å²) in [6, 6.07) is 42.3. The third-order valence-electron chi connectivity index (χ3n) is 12.3. The van der Waals surface area contributed by atoms with E-state index in [1.54, 1.807) is 6.07 Å². The molecule has 0 unspecified atom stereocenters. The van der Waals surface area contributed by atoms with Crippen molar-refractivity contribution in [2.24, 2.45) is 17.8 Å². The predicted octanol–water partition coefficient (Wildman–Crippen LogP) is 8.35. The second-order valence-electron chi connectivity index (χ2n) is 16.7. The minimum Gasteiger partial charge on any atom is -0.507 e. The Labute approximate surface area is 346 Å². The Balaban J connectivity index is 1.21. The molecule has 3 heterocycles. The summed E-state index contributed by atoms with van der Waals surface area (Å²) in [5.74, 6) is -1.66. The number of amides is 2. The summed E-state index contributed by atoms with van der Waals surface area (Å²) in [6.45, 7) is 7.28. The van der Waals surface area contributed by atoms with E-state index in [1.807, 2.05) is 72.1 Å². The number of hydrogen-bond donors (Lipinski definition) is 2. The monoisotopic (exact) mass is 807 g/mol. The molecule has 8 rings (SSSR count). The molecule has 0 radical (unpaired) electrons. The van der Waals surface area contributed by atoms with Crippen molar-refractivity contribution in [2.75, 3.05) is 6.61 Å². The number of nitrogens with zero attached hydrogens (tertiary/aromatic N) is 1. The van der Waals surface area contributed by atoms with Crippen LogP contribution < -0.4 is 10.4 Å². The zero-order chi connectivity index (χ0) is 40.4. The molecule has 10 heteroatoms. The second-order valence-corrected chi connectivity index (χ2v) is 22.1. The number of likely N-dealkylation sites (tertiary alicyclic amines) is 1. The molecule has 296 valence electrons. The van der Waals surface area contributed by atoms with E-state index < -0.39 is 39.3 Å². The van der Waals surface area contributed by atoms with Crippen LogP contribution in [-0.4, -0.2) is 55.0 Å². The van der Waals surface area contributed by atoms with Crippen molar-refractivity contribution < 1.29 is 28.8 Å². The number of phenolic OH excluding ortho intramolecular Hbond substituents is 1. The number of imide groups is 1. The second kappa shape index (κ2) is 16.8. The number of carbonyl (C=O) groups is 2. The van der Waals surface area contributed by atoms with Gasteiger partial charge in [0, 0.05) is 10.4 Å². The first-order valence-electron chi connectivity index (χ1n) is 20.3. The molecule has 0 spiro atoms. The molecule has 4 aromatic carbocycles. The Morgan fingerprint density at radius 2 is 1.50 bits per heavy atom. The molecule has 2 fully saturated rings. The van der Waals surface area contributed by atoms with Crippen LogP contribution in [0.5, 0.6) is 5.75 Å². The van der Waals surface area contributed by atoms with Crippen molar-refractivity contribution in [3.63, 3.8) is 0 Å². The molecular weight excluding hydrogens is 757 g/mol. The molecular formula is C48H50BNO6SSi. The van der Waals surface area contributed by atoms with Gasteiger partial charge in [0.25, 0.3) is 8.32 Å². The standard InChI is InChI=1S/C48H50BNO6SSi/c1-48(2,3)58(38-20-9-5-10-21-38,39-22-11-6-12-23-39)55-32-36-29-40-45(47(53)50(46(40)52)31-37-19-15-27-57-37)41-30-49(54)56-43(44(36)41)26-25-34(33-16-7-4-8-17-33)28-35-18-13-14-24-42(35)51/h4-24,27-28,40-41,43,45,51,54H,25-26,29-32H2,1-3H3/b34-28-/t40-,41+,43-,45-/m1/s1. The highest BCUT2D eigenvalue weighted by molar-refractivity contribution is 7.09. The van der Waals surface area contributed by atoms with Gasteiger partial charge in [-0.3, -0.25) is 14.5 Å². The summed E-state index contributed by atoms with van der Waals surface area (Å²) in [7, 11) is -4.10. The van der Waals surface area contributed by atoms with Crippen molar-refractivity contribution in [3.8, 4) is 5.75 Å². The third kappa shape index (κ3) is 7.72. The molecule has 2 aliphatic heterocycles. The van der Waals surface area contributed by atoms with Gasteiger partial charge in [-0.2, -0.15) is 0 Å². The van der Waals surface area contributed by atoms with Gasteiger partial charge in [0.2, 0.25) is 11.8 Å². The van der Waals surface area contributed by atoms with E-state index in [4.69, 9.17) is 9.08 Å². The third-order valence-corrected chi connectivity index (χ3v) is 18.1. The van der Waals surface area contributed by atoms with Crippen molar-refractivity contribution in [2.45, 2.75) is 64.0 Å². The lowest BCUT2D eigenvalue weighted by Gasteiger charge is -2.46. The average molecular weight is 808 g/mol. The van der Waals surface area contributed by atoms with Crippen LogP contribution in [0, 0.1) is 17.8 Å². The molecule has 1 aromatic heterocycles. The van der Waals surface area contributed by atoms with Crippen LogP contribution in [0.3, 0.4) is 0 Å². The van der Waals surface area contributed by atoms with Crippen LogP contribution in [0.4, 0.5) is 0 Å². The summed E-state index contributed by atoms with van der Waals surface area (Å²) in [5.41, 5.74) is 4.71. The van der Waals surface area contributed by atoms with Gasteiger partial charge < -0.3 is 19.2 Å². The van der Waals surface area contributed by atoms with E-state index in [1.165, 1.54) is 16.2 Å². The Morgan fingerprint density at radius 3 is 2.12 bits per heavy atom. The van der Waals surface area contributed by atoms with Gasteiger partial charge in [0.05, 0.1) is 31.1 Å². The number of rotatable bonds is 12. The van der Waals surface area contributed by atoms with Gasteiger partial charge >= 0.3 is 7.12 Å². The minimum absolute atomic E-state index is 0.153.